The molecule has 51 heavy (non-hydrogen) atoms. The molecule has 1 amide bonds. The van der Waals surface area contributed by atoms with Crippen molar-refractivity contribution in [1.82, 2.24) is 29.7 Å². The average molecular weight is 723 g/mol. The summed E-state index contributed by atoms with van der Waals surface area (Å²) in [6.07, 6.45) is 7.50. The van der Waals surface area contributed by atoms with Crippen molar-refractivity contribution < 1.29 is 18.5 Å². The van der Waals surface area contributed by atoms with Crippen LogP contribution in [0.25, 0.3) is 44.3 Å². The van der Waals surface area contributed by atoms with Gasteiger partial charge in [0, 0.05) is 19.8 Å². The molecule has 0 spiro atoms. The maximum atomic E-state index is 13.2. The molecule has 0 saturated carbocycles. The summed E-state index contributed by atoms with van der Waals surface area (Å²) in [4.78, 5) is 34.9. The van der Waals surface area contributed by atoms with E-state index in [4.69, 9.17) is 19.4 Å². The van der Waals surface area contributed by atoms with Gasteiger partial charge in [0.2, 0.25) is 0 Å². The fraction of sp³-hybridized carbons (Fsp3) is 0.462. The second-order valence-electron chi connectivity index (χ2n) is 14.7. The molecule has 0 bridgehead atoms. The van der Waals surface area contributed by atoms with Crippen LogP contribution >= 0.6 is 11.8 Å². The Kier molecular flexibility index (Phi) is 8.09. The second-order valence-corrected chi connectivity index (χ2v) is 17.6. The molecule has 3 aromatic carbocycles. The van der Waals surface area contributed by atoms with Gasteiger partial charge in [0.1, 0.15) is 33.3 Å². The number of carbonyl (C=O) groups excluding carboxylic acids is 1. The van der Waals surface area contributed by atoms with Crippen molar-refractivity contribution in [2.24, 2.45) is 0 Å². The van der Waals surface area contributed by atoms with Crippen LogP contribution in [-0.4, -0.2) is 88.9 Å². The van der Waals surface area contributed by atoms with Crippen LogP contribution in [0.3, 0.4) is 0 Å². The molecule has 264 valence electrons. The number of likely N-dealkylation sites (tertiary alicyclic amines) is 2. The van der Waals surface area contributed by atoms with Crippen LogP contribution in [-0.2, 0) is 29.8 Å². The van der Waals surface area contributed by atoms with Crippen LogP contribution in [0.15, 0.2) is 60.7 Å². The van der Waals surface area contributed by atoms with Gasteiger partial charge in [-0.05, 0) is 104 Å². The number of rotatable bonds is 8. The Morgan fingerprint density at radius 3 is 2.25 bits per heavy atom. The van der Waals surface area contributed by atoms with Crippen molar-refractivity contribution >= 4 is 50.5 Å². The number of piperidine rings is 1. The standard InChI is InChI=1S/C39H42N6O4S2/c46-36(33-6-2-19-48-33)45-18-4-16-39(38(45)50-39)37-42-29-15-13-27(22-31(29)43-37)25-10-8-24(9-11-25)26-12-14-28-30(21-26)41-35(40-28)32-5-1-17-44(32)23-51(47)34-7-3-20-49-34/h8-15,21-22,32-34,38H,1-7,16-20,23H2,(H,40,41)(H,42,43)/t32-,33-,34?,38?,39-,51?/m0/s1. The molecule has 0 radical (unpaired) electrons. The van der Waals surface area contributed by atoms with Crippen molar-refractivity contribution in [2.45, 2.75) is 79.1 Å². The molecule has 3 unspecified atom stereocenters. The first-order valence-electron chi connectivity index (χ1n) is 18.5. The van der Waals surface area contributed by atoms with E-state index in [0.29, 0.717) is 12.5 Å². The number of H-pyrrole nitrogens is 2. The molecule has 6 atom stereocenters. The lowest BCUT2D eigenvalue weighted by atomic mass is 9.96. The molecule has 2 aromatic heterocycles. The van der Waals surface area contributed by atoms with Crippen molar-refractivity contribution in [3.8, 4) is 22.3 Å². The minimum absolute atomic E-state index is 0.129. The fourth-order valence-corrected chi connectivity index (χ4v) is 11.6. The van der Waals surface area contributed by atoms with Gasteiger partial charge in [-0.15, -0.1) is 11.8 Å². The van der Waals surface area contributed by atoms with E-state index < -0.39 is 10.8 Å². The van der Waals surface area contributed by atoms with Crippen LogP contribution in [0.1, 0.15) is 69.1 Å². The maximum Gasteiger partial charge on any atom is 0.252 e. The minimum atomic E-state index is -1.01. The first-order chi connectivity index (χ1) is 25.0. The molecule has 5 aromatic rings. The SMILES string of the molecule is O=C([C@@H]1CCCO1)N1CCC[C@@]2(c3nc4ccc(-c5ccc(-c6ccc7nc([C@@H]8CCCN8CS(=O)C8CCCO8)[nH]c7c6)cc5)cc4[nH]3)SC12. The third kappa shape index (κ3) is 5.74. The molecule has 10 rings (SSSR count). The third-order valence-electron chi connectivity index (χ3n) is 11.5. The number of aromatic nitrogens is 4. The van der Waals surface area contributed by atoms with E-state index in [-0.39, 0.29) is 33.6 Å². The van der Waals surface area contributed by atoms with Crippen LogP contribution in [0.2, 0.25) is 0 Å². The van der Waals surface area contributed by atoms with Crippen LogP contribution in [0.5, 0.6) is 0 Å². The Bertz CT molecular complexity index is 2140. The summed E-state index contributed by atoms with van der Waals surface area (Å²) in [6.45, 7) is 3.14. The molecule has 5 aliphatic rings. The largest absolute Gasteiger partial charge is 0.368 e. The Balaban J connectivity index is 0.845. The lowest BCUT2D eigenvalue weighted by molar-refractivity contribution is -0.142. The molecule has 7 heterocycles. The Morgan fingerprint density at radius 2 is 1.53 bits per heavy atom. The van der Waals surface area contributed by atoms with Crippen molar-refractivity contribution in [2.75, 3.05) is 32.2 Å². The molecule has 5 aliphatic heterocycles. The Labute approximate surface area is 303 Å². The highest BCUT2D eigenvalue weighted by molar-refractivity contribution is 8.08. The smallest absolute Gasteiger partial charge is 0.252 e. The zero-order chi connectivity index (χ0) is 34.1. The summed E-state index contributed by atoms with van der Waals surface area (Å²) in [6, 6.07) is 21.7. The number of amides is 1. The Morgan fingerprint density at radius 1 is 0.824 bits per heavy atom. The number of hydrogen-bond donors (Lipinski definition) is 2. The monoisotopic (exact) mass is 722 g/mol. The lowest BCUT2D eigenvalue weighted by Crippen LogP contribution is -2.46. The van der Waals surface area contributed by atoms with Crippen LogP contribution in [0, 0.1) is 0 Å². The van der Waals surface area contributed by atoms with E-state index in [1.54, 1.807) is 0 Å². The zero-order valence-electron chi connectivity index (χ0n) is 28.5. The number of thioether (sulfide) groups is 1. The summed E-state index contributed by atoms with van der Waals surface area (Å²) in [5.74, 6) is 2.63. The highest BCUT2D eigenvalue weighted by atomic mass is 32.2. The van der Waals surface area contributed by atoms with Gasteiger partial charge in [-0.1, -0.05) is 36.4 Å². The number of carbonyl (C=O) groups is 1. The van der Waals surface area contributed by atoms with E-state index in [9.17, 15) is 9.00 Å². The number of aromatic amines is 2. The second kappa shape index (κ2) is 12.8. The van der Waals surface area contributed by atoms with Gasteiger partial charge < -0.3 is 24.3 Å². The molecule has 0 aliphatic carbocycles. The lowest BCUT2D eigenvalue weighted by Gasteiger charge is -2.31. The van der Waals surface area contributed by atoms with Gasteiger partial charge in [0.15, 0.2) is 0 Å². The van der Waals surface area contributed by atoms with Crippen molar-refractivity contribution in [3.63, 3.8) is 0 Å². The summed E-state index contributed by atoms with van der Waals surface area (Å²) in [5.41, 5.74) is 8.38. The van der Waals surface area contributed by atoms with Gasteiger partial charge >= 0.3 is 0 Å². The molecular weight excluding hydrogens is 681 g/mol. The zero-order valence-corrected chi connectivity index (χ0v) is 30.1. The van der Waals surface area contributed by atoms with Crippen LogP contribution in [0.4, 0.5) is 0 Å². The highest BCUT2D eigenvalue weighted by Gasteiger charge is 2.64. The fourth-order valence-electron chi connectivity index (χ4n) is 8.67. The number of fused-ring (bicyclic) bond motifs is 3. The predicted molar refractivity (Wildman–Crippen MR) is 200 cm³/mol. The van der Waals surface area contributed by atoms with Gasteiger partial charge in [-0.3, -0.25) is 13.9 Å². The minimum Gasteiger partial charge on any atom is -0.368 e. The van der Waals surface area contributed by atoms with E-state index in [0.717, 1.165) is 127 Å². The Hall–Kier alpha value is -3.55. The summed E-state index contributed by atoms with van der Waals surface area (Å²) >= 11 is 1.86. The number of ether oxygens (including phenoxy) is 2. The number of benzene rings is 3. The maximum absolute atomic E-state index is 13.2. The molecule has 10 nitrogen and oxygen atoms in total. The van der Waals surface area contributed by atoms with Gasteiger partial charge in [0.05, 0.1) is 44.8 Å². The molecule has 5 saturated heterocycles. The molecule has 2 N–H and O–H groups in total. The highest BCUT2D eigenvalue weighted by Crippen LogP contribution is 2.66. The quantitative estimate of drug-likeness (QED) is 0.168. The molecule has 5 fully saturated rings. The number of nitrogens with one attached hydrogen (secondary N) is 2. The van der Waals surface area contributed by atoms with E-state index in [2.05, 4.69) is 80.4 Å². The summed E-state index contributed by atoms with van der Waals surface area (Å²) in [5, 5.41) is 0.133. The number of imidazole rings is 2. The molecular formula is C39H42N6O4S2. The van der Waals surface area contributed by atoms with Crippen molar-refractivity contribution in [3.05, 3.63) is 72.3 Å². The first-order valence-corrected chi connectivity index (χ1v) is 20.7. The number of nitrogens with zero attached hydrogens (tertiary/aromatic N) is 4. The number of hydrogen-bond acceptors (Lipinski definition) is 8. The van der Waals surface area contributed by atoms with E-state index in [1.165, 1.54) is 0 Å². The average Bonchev–Trinajstić information content (AvgIpc) is 3.88. The topological polar surface area (TPSA) is 116 Å². The normalized spacial score (nSPS) is 28.5. The van der Waals surface area contributed by atoms with E-state index in [1.807, 2.05) is 11.8 Å². The van der Waals surface area contributed by atoms with Gasteiger partial charge in [-0.2, -0.15) is 0 Å². The van der Waals surface area contributed by atoms with Gasteiger partial charge in [0.25, 0.3) is 5.91 Å². The summed E-state index contributed by atoms with van der Waals surface area (Å²) in [7, 11) is -1.01. The van der Waals surface area contributed by atoms with Crippen molar-refractivity contribution in [1.29, 1.82) is 0 Å². The van der Waals surface area contributed by atoms with Crippen LogP contribution < -0.4 is 0 Å². The molecule has 12 heteroatoms. The van der Waals surface area contributed by atoms with E-state index >= 15 is 0 Å². The first kappa shape index (κ1) is 32.1. The predicted octanol–water partition coefficient (Wildman–Crippen LogP) is 6.82. The third-order valence-corrected chi connectivity index (χ3v) is 14.7. The summed E-state index contributed by atoms with van der Waals surface area (Å²) < 4.78 is 24.2. The van der Waals surface area contributed by atoms with Gasteiger partial charge in [-0.25, -0.2) is 9.97 Å².